The summed E-state index contributed by atoms with van der Waals surface area (Å²) >= 11 is 0. The summed E-state index contributed by atoms with van der Waals surface area (Å²) in [5.41, 5.74) is 1.01. The predicted molar refractivity (Wildman–Crippen MR) is 79.1 cm³/mol. The number of hydrogen-bond donors (Lipinski definition) is 2. The second-order valence-electron chi connectivity index (χ2n) is 5.24. The maximum absolute atomic E-state index is 11.8. The van der Waals surface area contributed by atoms with Crippen LogP contribution >= 0.6 is 0 Å². The fourth-order valence-electron chi connectivity index (χ4n) is 1.89. The number of nitrogens with one attached hydrogen (secondary N) is 1. The molecule has 0 aliphatic rings. The SMILES string of the molecule is CC(CC(=O)O)CC(=O)Nc1cccc(C(=O)N(C)C)c1. The zero-order chi connectivity index (χ0) is 16.0. The number of aliphatic carboxylic acids is 1. The highest BCUT2D eigenvalue weighted by Crippen LogP contribution is 2.14. The lowest BCUT2D eigenvalue weighted by Crippen LogP contribution is -2.22. The lowest BCUT2D eigenvalue weighted by atomic mass is 10.0. The van der Waals surface area contributed by atoms with Crippen LogP contribution in [0.25, 0.3) is 0 Å². The number of amides is 2. The molecule has 1 rings (SSSR count). The molecule has 6 nitrogen and oxygen atoms in total. The lowest BCUT2D eigenvalue weighted by molar-refractivity contribution is -0.138. The van der Waals surface area contributed by atoms with Gasteiger partial charge in [0.25, 0.3) is 5.91 Å². The van der Waals surface area contributed by atoms with Gasteiger partial charge in [-0.2, -0.15) is 0 Å². The van der Waals surface area contributed by atoms with Crippen LogP contribution in [0.2, 0.25) is 0 Å². The fourth-order valence-corrected chi connectivity index (χ4v) is 1.89. The molecule has 0 radical (unpaired) electrons. The molecule has 1 unspecified atom stereocenters. The molecule has 0 spiro atoms. The van der Waals surface area contributed by atoms with E-state index in [0.717, 1.165) is 0 Å². The van der Waals surface area contributed by atoms with Crippen molar-refractivity contribution in [2.45, 2.75) is 19.8 Å². The van der Waals surface area contributed by atoms with Gasteiger partial charge in [0.15, 0.2) is 0 Å². The number of benzene rings is 1. The van der Waals surface area contributed by atoms with Crippen LogP contribution in [0.3, 0.4) is 0 Å². The maximum Gasteiger partial charge on any atom is 0.303 e. The van der Waals surface area contributed by atoms with Crippen LogP contribution in [0.4, 0.5) is 5.69 Å². The minimum Gasteiger partial charge on any atom is -0.481 e. The molecule has 0 saturated heterocycles. The summed E-state index contributed by atoms with van der Waals surface area (Å²) < 4.78 is 0. The molecular weight excluding hydrogens is 272 g/mol. The summed E-state index contributed by atoms with van der Waals surface area (Å²) in [5.74, 6) is -1.58. The summed E-state index contributed by atoms with van der Waals surface area (Å²) in [5, 5.41) is 11.3. The van der Waals surface area contributed by atoms with E-state index in [1.54, 1.807) is 45.3 Å². The van der Waals surface area contributed by atoms with Crippen molar-refractivity contribution in [3.63, 3.8) is 0 Å². The number of carboxylic acid groups (broad SMARTS) is 1. The maximum atomic E-state index is 11.8. The first-order valence-electron chi connectivity index (χ1n) is 6.63. The quantitative estimate of drug-likeness (QED) is 0.837. The van der Waals surface area contributed by atoms with Crippen molar-refractivity contribution in [3.05, 3.63) is 29.8 Å². The van der Waals surface area contributed by atoms with E-state index in [2.05, 4.69) is 5.32 Å². The molecule has 2 amide bonds. The highest BCUT2D eigenvalue weighted by molar-refractivity contribution is 5.97. The molecule has 1 aromatic rings. The first kappa shape index (κ1) is 16.7. The number of carbonyl (C=O) groups is 3. The third kappa shape index (κ3) is 5.64. The van der Waals surface area contributed by atoms with Gasteiger partial charge in [-0.15, -0.1) is 0 Å². The molecule has 2 N–H and O–H groups in total. The summed E-state index contributed by atoms with van der Waals surface area (Å²) in [6, 6.07) is 6.65. The second-order valence-corrected chi connectivity index (χ2v) is 5.24. The monoisotopic (exact) mass is 292 g/mol. The molecule has 0 fully saturated rings. The molecule has 1 aromatic carbocycles. The molecule has 1 atom stereocenters. The largest absolute Gasteiger partial charge is 0.481 e. The first-order chi connectivity index (χ1) is 9.79. The Bertz CT molecular complexity index is 540. The normalized spacial score (nSPS) is 11.6. The van der Waals surface area contributed by atoms with Crippen molar-refractivity contribution in [1.82, 2.24) is 4.90 Å². The Morgan fingerprint density at radius 1 is 1.24 bits per heavy atom. The zero-order valence-corrected chi connectivity index (χ0v) is 12.4. The summed E-state index contributed by atoms with van der Waals surface area (Å²) in [6.07, 6.45) is 0.0741. The van der Waals surface area contributed by atoms with Gasteiger partial charge in [0.1, 0.15) is 0 Å². The van der Waals surface area contributed by atoms with E-state index in [-0.39, 0.29) is 30.6 Å². The average molecular weight is 292 g/mol. The molecule has 0 bridgehead atoms. The van der Waals surface area contributed by atoms with Crippen LogP contribution < -0.4 is 5.32 Å². The van der Waals surface area contributed by atoms with E-state index in [4.69, 9.17) is 5.11 Å². The van der Waals surface area contributed by atoms with E-state index >= 15 is 0 Å². The molecule has 0 aliphatic carbocycles. The average Bonchev–Trinajstić information content (AvgIpc) is 2.36. The van der Waals surface area contributed by atoms with Crippen LogP contribution in [-0.2, 0) is 9.59 Å². The fraction of sp³-hybridized carbons (Fsp3) is 0.400. The van der Waals surface area contributed by atoms with Gasteiger partial charge in [-0.1, -0.05) is 13.0 Å². The molecule has 6 heteroatoms. The van der Waals surface area contributed by atoms with Crippen LogP contribution in [0.1, 0.15) is 30.1 Å². The molecule has 0 aliphatic heterocycles. The van der Waals surface area contributed by atoms with Gasteiger partial charge in [-0.25, -0.2) is 0 Å². The number of hydrogen-bond acceptors (Lipinski definition) is 3. The summed E-state index contributed by atoms with van der Waals surface area (Å²) in [6.45, 7) is 1.71. The summed E-state index contributed by atoms with van der Waals surface area (Å²) in [4.78, 5) is 35.7. The third-order valence-electron chi connectivity index (χ3n) is 2.86. The number of carbonyl (C=O) groups excluding carboxylic acids is 2. The molecule has 0 heterocycles. The smallest absolute Gasteiger partial charge is 0.303 e. The highest BCUT2D eigenvalue weighted by atomic mass is 16.4. The van der Waals surface area contributed by atoms with E-state index in [1.165, 1.54) is 4.90 Å². The Labute approximate surface area is 123 Å². The molecule has 0 saturated carbocycles. The molecule has 0 aromatic heterocycles. The van der Waals surface area contributed by atoms with E-state index < -0.39 is 5.97 Å². The Morgan fingerprint density at radius 3 is 2.48 bits per heavy atom. The van der Waals surface area contributed by atoms with Crippen molar-refractivity contribution in [3.8, 4) is 0 Å². The van der Waals surface area contributed by atoms with E-state index in [9.17, 15) is 14.4 Å². The number of anilines is 1. The minimum absolute atomic E-state index is 0.0490. The number of carboxylic acids is 1. The highest BCUT2D eigenvalue weighted by Gasteiger charge is 2.14. The third-order valence-corrected chi connectivity index (χ3v) is 2.86. The van der Waals surface area contributed by atoms with Gasteiger partial charge in [0.2, 0.25) is 5.91 Å². The molecule has 21 heavy (non-hydrogen) atoms. The Balaban J connectivity index is 2.66. The first-order valence-corrected chi connectivity index (χ1v) is 6.63. The van der Waals surface area contributed by atoms with Crippen molar-refractivity contribution in [2.24, 2.45) is 5.92 Å². The van der Waals surface area contributed by atoms with Crippen LogP contribution in [0, 0.1) is 5.92 Å². The second kappa shape index (κ2) is 7.42. The van der Waals surface area contributed by atoms with Gasteiger partial charge >= 0.3 is 5.97 Å². The van der Waals surface area contributed by atoms with Crippen molar-refractivity contribution in [2.75, 3.05) is 19.4 Å². The Morgan fingerprint density at radius 2 is 1.90 bits per heavy atom. The van der Waals surface area contributed by atoms with Crippen molar-refractivity contribution in [1.29, 1.82) is 0 Å². The number of rotatable bonds is 6. The van der Waals surface area contributed by atoms with Crippen molar-refractivity contribution < 1.29 is 19.5 Å². The lowest BCUT2D eigenvalue weighted by Gasteiger charge is -2.12. The molecule has 114 valence electrons. The number of nitrogens with zero attached hydrogens (tertiary/aromatic N) is 1. The Kier molecular flexibility index (Phi) is 5.90. The standard InChI is InChI=1S/C15H20N2O4/c1-10(8-14(19)20)7-13(18)16-12-6-4-5-11(9-12)15(21)17(2)3/h4-6,9-10H,7-8H2,1-3H3,(H,16,18)(H,19,20). The van der Waals surface area contributed by atoms with E-state index in [0.29, 0.717) is 11.3 Å². The van der Waals surface area contributed by atoms with Crippen LogP contribution in [0.15, 0.2) is 24.3 Å². The van der Waals surface area contributed by atoms with Crippen LogP contribution in [-0.4, -0.2) is 41.9 Å². The van der Waals surface area contributed by atoms with Crippen LogP contribution in [0.5, 0.6) is 0 Å². The van der Waals surface area contributed by atoms with E-state index in [1.807, 2.05) is 0 Å². The van der Waals surface area contributed by atoms with Gasteiger partial charge < -0.3 is 15.3 Å². The predicted octanol–water partition coefficient (Wildman–Crippen LogP) is 1.83. The minimum atomic E-state index is -0.922. The summed E-state index contributed by atoms with van der Waals surface area (Å²) in [7, 11) is 3.31. The Hall–Kier alpha value is -2.37. The van der Waals surface area contributed by atoms with Gasteiger partial charge in [-0.3, -0.25) is 14.4 Å². The molecular formula is C15H20N2O4. The van der Waals surface area contributed by atoms with Gasteiger partial charge in [0.05, 0.1) is 0 Å². The topological polar surface area (TPSA) is 86.7 Å². The van der Waals surface area contributed by atoms with Gasteiger partial charge in [0, 0.05) is 38.2 Å². The zero-order valence-electron chi connectivity index (χ0n) is 12.4. The van der Waals surface area contributed by atoms with Gasteiger partial charge in [-0.05, 0) is 24.1 Å². The van der Waals surface area contributed by atoms with Crippen molar-refractivity contribution >= 4 is 23.5 Å².